The molecule has 0 saturated heterocycles. The average molecular weight is 280 g/mol. The number of rotatable bonds is 7. The maximum absolute atomic E-state index is 5.89. The molecular formula is C16H28N2S. The molecule has 0 aromatic carbocycles. The van der Waals surface area contributed by atoms with Crippen molar-refractivity contribution in [2.75, 3.05) is 13.1 Å². The second-order valence-electron chi connectivity index (χ2n) is 6.19. The first-order valence-electron chi connectivity index (χ1n) is 7.69. The van der Waals surface area contributed by atoms with Gasteiger partial charge in [0.2, 0.25) is 0 Å². The van der Waals surface area contributed by atoms with E-state index < -0.39 is 0 Å². The molecule has 1 saturated carbocycles. The molecule has 1 heterocycles. The summed E-state index contributed by atoms with van der Waals surface area (Å²) in [6.45, 7) is 6.38. The van der Waals surface area contributed by atoms with Crippen molar-refractivity contribution >= 4 is 11.3 Å². The second kappa shape index (κ2) is 7.41. The Labute approximate surface area is 121 Å². The Morgan fingerprint density at radius 2 is 2.11 bits per heavy atom. The molecule has 0 bridgehead atoms. The predicted molar refractivity (Wildman–Crippen MR) is 84.4 cm³/mol. The molecule has 1 aromatic rings. The second-order valence-corrected chi connectivity index (χ2v) is 7.16. The minimum absolute atomic E-state index is 0.551. The lowest BCUT2D eigenvalue weighted by Crippen LogP contribution is -2.36. The Morgan fingerprint density at radius 1 is 1.37 bits per heavy atom. The lowest BCUT2D eigenvalue weighted by molar-refractivity contribution is 0.308. The van der Waals surface area contributed by atoms with Crippen LogP contribution in [0.1, 0.15) is 50.4 Å². The van der Waals surface area contributed by atoms with Gasteiger partial charge in [-0.2, -0.15) is 0 Å². The minimum atomic E-state index is 0.551. The molecule has 3 N–H and O–H groups in total. The molecule has 1 aliphatic rings. The van der Waals surface area contributed by atoms with Crippen molar-refractivity contribution in [2.45, 2.75) is 45.6 Å². The van der Waals surface area contributed by atoms with Crippen molar-refractivity contribution in [2.24, 2.45) is 23.5 Å². The molecule has 108 valence electrons. The van der Waals surface area contributed by atoms with Crippen molar-refractivity contribution in [3.63, 3.8) is 0 Å². The smallest absolute Gasteiger partial charge is 0.0443 e. The molecule has 1 fully saturated rings. The van der Waals surface area contributed by atoms with E-state index in [1.54, 1.807) is 0 Å². The zero-order valence-corrected chi connectivity index (χ0v) is 13.1. The third kappa shape index (κ3) is 4.04. The van der Waals surface area contributed by atoms with Gasteiger partial charge in [0.15, 0.2) is 0 Å². The Morgan fingerprint density at radius 3 is 2.63 bits per heavy atom. The number of hydrogen-bond donors (Lipinski definition) is 2. The van der Waals surface area contributed by atoms with Crippen LogP contribution in [-0.4, -0.2) is 13.1 Å². The minimum Gasteiger partial charge on any atom is -0.330 e. The summed E-state index contributed by atoms with van der Waals surface area (Å²) in [5, 5.41) is 6.02. The lowest BCUT2D eigenvalue weighted by atomic mass is 9.93. The van der Waals surface area contributed by atoms with E-state index in [1.165, 1.54) is 30.6 Å². The first-order chi connectivity index (χ1) is 9.22. The molecule has 2 unspecified atom stereocenters. The maximum atomic E-state index is 5.89. The van der Waals surface area contributed by atoms with Crippen molar-refractivity contribution in [3.05, 3.63) is 22.4 Å². The summed E-state index contributed by atoms with van der Waals surface area (Å²) < 4.78 is 0. The van der Waals surface area contributed by atoms with E-state index >= 15 is 0 Å². The number of thiophene rings is 1. The summed E-state index contributed by atoms with van der Waals surface area (Å²) in [4.78, 5) is 1.51. The fourth-order valence-corrected chi connectivity index (χ4v) is 4.02. The van der Waals surface area contributed by atoms with Gasteiger partial charge in [-0.3, -0.25) is 0 Å². The van der Waals surface area contributed by atoms with Crippen LogP contribution in [0.3, 0.4) is 0 Å². The normalized spacial score (nSPS) is 20.0. The van der Waals surface area contributed by atoms with Crippen LogP contribution >= 0.6 is 11.3 Å². The Bertz CT molecular complexity index is 342. The number of hydrogen-bond acceptors (Lipinski definition) is 3. The Balaban J connectivity index is 1.98. The van der Waals surface area contributed by atoms with Gasteiger partial charge >= 0.3 is 0 Å². The largest absolute Gasteiger partial charge is 0.330 e. The van der Waals surface area contributed by atoms with Crippen LogP contribution in [0.25, 0.3) is 0 Å². The molecular weight excluding hydrogens is 252 g/mol. The summed E-state index contributed by atoms with van der Waals surface area (Å²) in [6, 6.07) is 5.01. The molecule has 1 aliphatic carbocycles. The number of nitrogens with two attached hydrogens (primary N) is 1. The fraction of sp³-hybridized carbons (Fsp3) is 0.750. The first-order valence-corrected chi connectivity index (χ1v) is 8.57. The van der Waals surface area contributed by atoms with E-state index in [4.69, 9.17) is 5.73 Å². The summed E-state index contributed by atoms with van der Waals surface area (Å²) in [5.41, 5.74) is 5.89. The van der Waals surface area contributed by atoms with Crippen LogP contribution in [0.4, 0.5) is 0 Å². The highest BCUT2D eigenvalue weighted by atomic mass is 32.1. The van der Waals surface area contributed by atoms with E-state index in [1.807, 2.05) is 11.3 Å². The van der Waals surface area contributed by atoms with Crippen molar-refractivity contribution < 1.29 is 0 Å². The fourth-order valence-electron chi connectivity index (χ4n) is 3.13. The highest BCUT2D eigenvalue weighted by Crippen LogP contribution is 2.37. The molecule has 2 nitrogen and oxygen atoms in total. The molecule has 0 aliphatic heterocycles. The summed E-state index contributed by atoms with van der Waals surface area (Å²) in [6.07, 6.45) is 5.56. The third-order valence-corrected chi connectivity index (χ3v) is 5.52. The third-order valence-electron chi connectivity index (χ3n) is 4.57. The molecule has 0 spiro atoms. The van der Waals surface area contributed by atoms with Crippen LogP contribution in [0, 0.1) is 17.8 Å². The van der Waals surface area contributed by atoms with Gasteiger partial charge in [0.25, 0.3) is 0 Å². The molecule has 2 rings (SSSR count). The summed E-state index contributed by atoms with van der Waals surface area (Å²) in [5.74, 6) is 2.07. The average Bonchev–Trinajstić information content (AvgIpc) is 3.07. The van der Waals surface area contributed by atoms with Gasteiger partial charge in [-0.15, -0.1) is 11.3 Å². The quantitative estimate of drug-likeness (QED) is 0.797. The van der Waals surface area contributed by atoms with Crippen LogP contribution in [0.2, 0.25) is 0 Å². The van der Waals surface area contributed by atoms with Gasteiger partial charge in [-0.1, -0.05) is 32.8 Å². The predicted octanol–water partition coefficient (Wildman–Crippen LogP) is 3.80. The van der Waals surface area contributed by atoms with Crippen molar-refractivity contribution in [1.82, 2.24) is 5.32 Å². The monoisotopic (exact) mass is 280 g/mol. The van der Waals surface area contributed by atoms with Gasteiger partial charge in [-0.05, 0) is 48.6 Å². The van der Waals surface area contributed by atoms with E-state index in [0.717, 1.165) is 19.0 Å². The Hall–Kier alpha value is -0.380. The standard InChI is InChI=1S/C16H28N2S/c1-12(2)14(10-17)11-18-16(13-6-3-4-7-13)15-8-5-9-19-15/h5,8-9,12-14,16,18H,3-4,6-7,10-11,17H2,1-2H3. The zero-order chi connectivity index (χ0) is 13.7. The molecule has 19 heavy (non-hydrogen) atoms. The Kier molecular flexibility index (Phi) is 5.86. The van der Waals surface area contributed by atoms with Gasteiger partial charge in [0, 0.05) is 17.5 Å². The zero-order valence-electron chi connectivity index (χ0n) is 12.3. The maximum Gasteiger partial charge on any atom is 0.0443 e. The molecule has 2 atom stereocenters. The van der Waals surface area contributed by atoms with Crippen molar-refractivity contribution in [3.8, 4) is 0 Å². The molecule has 1 aromatic heterocycles. The molecule has 0 amide bonds. The van der Waals surface area contributed by atoms with Crippen LogP contribution < -0.4 is 11.1 Å². The van der Waals surface area contributed by atoms with Gasteiger partial charge in [-0.25, -0.2) is 0 Å². The van der Waals surface area contributed by atoms with Gasteiger partial charge in [0.05, 0.1) is 0 Å². The summed E-state index contributed by atoms with van der Waals surface area (Å²) in [7, 11) is 0. The van der Waals surface area contributed by atoms with Crippen molar-refractivity contribution in [1.29, 1.82) is 0 Å². The van der Waals surface area contributed by atoms with Crippen LogP contribution in [-0.2, 0) is 0 Å². The van der Waals surface area contributed by atoms with E-state index in [2.05, 4.69) is 36.7 Å². The van der Waals surface area contributed by atoms with Crippen LogP contribution in [0.5, 0.6) is 0 Å². The van der Waals surface area contributed by atoms with E-state index in [9.17, 15) is 0 Å². The highest BCUT2D eigenvalue weighted by Gasteiger charge is 2.27. The summed E-state index contributed by atoms with van der Waals surface area (Å²) >= 11 is 1.89. The van der Waals surface area contributed by atoms with E-state index in [-0.39, 0.29) is 0 Å². The SMILES string of the molecule is CC(C)C(CN)CNC(c1cccs1)C1CCCC1. The lowest BCUT2D eigenvalue weighted by Gasteiger charge is -2.27. The van der Waals surface area contributed by atoms with E-state index in [0.29, 0.717) is 17.9 Å². The first kappa shape index (κ1) is 15.0. The van der Waals surface area contributed by atoms with Crippen LogP contribution in [0.15, 0.2) is 17.5 Å². The number of nitrogens with one attached hydrogen (secondary N) is 1. The topological polar surface area (TPSA) is 38.0 Å². The van der Waals surface area contributed by atoms with Gasteiger partial charge in [0.1, 0.15) is 0 Å². The molecule has 0 radical (unpaired) electrons. The van der Waals surface area contributed by atoms with Gasteiger partial charge < -0.3 is 11.1 Å². The highest BCUT2D eigenvalue weighted by molar-refractivity contribution is 7.10. The molecule has 3 heteroatoms.